The van der Waals surface area contributed by atoms with E-state index in [1.54, 1.807) is 12.3 Å². The minimum atomic E-state index is -0.287. The third kappa shape index (κ3) is 2.63. The maximum absolute atomic E-state index is 12.0. The summed E-state index contributed by atoms with van der Waals surface area (Å²) in [4.78, 5) is 21.2. The van der Waals surface area contributed by atoms with Gasteiger partial charge >= 0.3 is 0 Å². The lowest BCUT2D eigenvalue weighted by molar-refractivity contribution is 0.102. The van der Waals surface area contributed by atoms with Gasteiger partial charge in [0.1, 0.15) is 0 Å². The van der Waals surface area contributed by atoms with Crippen LogP contribution in [0.1, 0.15) is 20.9 Å². The van der Waals surface area contributed by atoms with Crippen molar-refractivity contribution in [3.63, 3.8) is 0 Å². The number of nitrogen functional groups attached to an aromatic ring is 1. The Labute approximate surface area is 108 Å². The molecule has 2 heterocycles. The molecule has 0 aromatic carbocycles. The van der Waals surface area contributed by atoms with Gasteiger partial charge < -0.3 is 5.43 Å². The largest absolute Gasteiger partial charge is 0.323 e. The van der Waals surface area contributed by atoms with Gasteiger partial charge in [0.25, 0.3) is 5.91 Å². The van der Waals surface area contributed by atoms with E-state index in [2.05, 4.69) is 20.7 Å². The molecule has 0 unspecified atom stereocenters. The predicted molar refractivity (Wildman–Crippen MR) is 71.6 cm³/mol. The smallest absolute Gasteiger partial charge is 0.261 e. The van der Waals surface area contributed by atoms with Crippen LogP contribution < -0.4 is 16.6 Å². The molecule has 0 saturated carbocycles. The average molecular weight is 263 g/mol. The van der Waals surface area contributed by atoms with E-state index in [0.29, 0.717) is 16.4 Å². The van der Waals surface area contributed by atoms with Crippen molar-refractivity contribution >= 4 is 28.1 Å². The molecule has 0 aliphatic rings. The van der Waals surface area contributed by atoms with Crippen molar-refractivity contribution in [1.82, 2.24) is 9.97 Å². The van der Waals surface area contributed by atoms with Crippen molar-refractivity contribution in [2.24, 2.45) is 5.84 Å². The number of aromatic nitrogens is 2. The Morgan fingerprint density at radius 2 is 2.11 bits per heavy atom. The summed E-state index contributed by atoms with van der Waals surface area (Å²) in [5, 5.41) is 3.26. The Balaban J connectivity index is 2.23. The van der Waals surface area contributed by atoms with Crippen LogP contribution in [0.4, 0.5) is 10.8 Å². The van der Waals surface area contributed by atoms with E-state index >= 15 is 0 Å². The number of nitrogens with one attached hydrogen (secondary N) is 2. The summed E-state index contributed by atoms with van der Waals surface area (Å²) < 4.78 is 0. The number of carbonyl (C=O) groups is 1. The summed E-state index contributed by atoms with van der Waals surface area (Å²) in [5.41, 5.74) is 4.19. The van der Waals surface area contributed by atoms with Crippen LogP contribution in [0.5, 0.6) is 0 Å². The van der Waals surface area contributed by atoms with Gasteiger partial charge in [-0.3, -0.25) is 20.9 Å². The molecule has 0 radical (unpaired) electrons. The number of amides is 1. The number of anilines is 2. The van der Waals surface area contributed by atoms with Crippen LogP contribution in [0.2, 0.25) is 0 Å². The SMILES string of the molecule is Cc1cc(NN)c(C(=O)Nc2ncc(C)s2)cn1. The summed E-state index contributed by atoms with van der Waals surface area (Å²) in [6, 6.07) is 1.71. The maximum atomic E-state index is 12.0. The Hall–Kier alpha value is -1.99. The number of pyridine rings is 1. The number of nitrogens with two attached hydrogens (primary N) is 1. The first-order valence-electron chi connectivity index (χ1n) is 5.27. The number of nitrogens with zero attached hydrogens (tertiary/aromatic N) is 2. The molecule has 0 saturated heterocycles. The number of hydrogen-bond acceptors (Lipinski definition) is 6. The summed E-state index contributed by atoms with van der Waals surface area (Å²) in [6.45, 7) is 3.75. The molecule has 0 bridgehead atoms. The lowest BCUT2D eigenvalue weighted by Gasteiger charge is -2.08. The van der Waals surface area contributed by atoms with Gasteiger partial charge in [-0.2, -0.15) is 0 Å². The first kappa shape index (κ1) is 12.5. The molecule has 94 valence electrons. The molecule has 2 aromatic heterocycles. The van der Waals surface area contributed by atoms with Crippen molar-refractivity contribution < 1.29 is 4.79 Å². The monoisotopic (exact) mass is 263 g/mol. The molecular formula is C11H13N5OS. The molecule has 0 atom stereocenters. The molecule has 0 aliphatic heterocycles. The fraction of sp³-hybridized carbons (Fsp3) is 0.182. The van der Waals surface area contributed by atoms with Gasteiger partial charge in [-0.25, -0.2) is 4.98 Å². The van der Waals surface area contributed by atoms with Gasteiger partial charge in [0.05, 0.1) is 11.3 Å². The second-order valence-corrected chi connectivity index (χ2v) is 4.98. The van der Waals surface area contributed by atoms with Crippen LogP contribution in [0, 0.1) is 13.8 Å². The van der Waals surface area contributed by atoms with E-state index in [1.165, 1.54) is 17.5 Å². The van der Waals surface area contributed by atoms with E-state index in [4.69, 9.17) is 5.84 Å². The van der Waals surface area contributed by atoms with Gasteiger partial charge in [-0.15, -0.1) is 11.3 Å². The summed E-state index contributed by atoms with van der Waals surface area (Å²) in [5.74, 6) is 5.10. The molecule has 2 rings (SSSR count). The second-order valence-electron chi connectivity index (χ2n) is 3.75. The quantitative estimate of drug-likeness (QED) is 0.579. The van der Waals surface area contributed by atoms with Gasteiger partial charge in [0, 0.05) is 23.0 Å². The zero-order valence-corrected chi connectivity index (χ0v) is 10.8. The summed E-state index contributed by atoms with van der Waals surface area (Å²) >= 11 is 1.41. The standard InChI is InChI=1S/C11H13N5OS/c1-6-3-9(16-12)8(5-13-6)10(17)15-11-14-4-7(2)18-11/h3-5H,12H2,1-2H3,(H,13,16)(H,14,15,17). The van der Waals surface area contributed by atoms with E-state index in [-0.39, 0.29) is 5.91 Å². The zero-order valence-electron chi connectivity index (χ0n) is 10.0. The van der Waals surface area contributed by atoms with Crippen LogP contribution in [0.15, 0.2) is 18.5 Å². The Morgan fingerprint density at radius 3 is 2.72 bits per heavy atom. The fourth-order valence-electron chi connectivity index (χ4n) is 1.44. The number of rotatable bonds is 3. The number of aryl methyl sites for hydroxylation is 2. The first-order chi connectivity index (χ1) is 8.60. The van der Waals surface area contributed by atoms with Gasteiger partial charge in [-0.05, 0) is 19.9 Å². The lowest BCUT2D eigenvalue weighted by atomic mass is 10.2. The molecule has 18 heavy (non-hydrogen) atoms. The molecule has 1 amide bonds. The molecule has 7 heteroatoms. The highest BCUT2D eigenvalue weighted by Gasteiger charge is 2.13. The van der Waals surface area contributed by atoms with Crippen molar-refractivity contribution in [2.45, 2.75) is 13.8 Å². The third-order valence-electron chi connectivity index (χ3n) is 2.28. The van der Waals surface area contributed by atoms with Crippen LogP contribution in [-0.4, -0.2) is 15.9 Å². The molecule has 6 nitrogen and oxygen atoms in total. The Morgan fingerprint density at radius 1 is 1.33 bits per heavy atom. The molecule has 0 fully saturated rings. The first-order valence-corrected chi connectivity index (χ1v) is 6.09. The predicted octanol–water partition coefficient (Wildman–Crippen LogP) is 1.69. The molecule has 2 aromatic rings. The number of hydrazine groups is 1. The van der Waals surface area contributed by atoms with Crippen molar-refractivity contribution in [1.29, 1.82) is 0 Å². The topological polar surface area (TPSA) is 92.9 Å². The van der Waals surface area contributed by atoms with Crippen molar-refractivity contribution in [3.8, 4) is 0 Å². The normalized spacial score (nSPS) is 10.2. The maximum Gasteiger partial charge on any atom is 0.261 e. The van der Waals surface area contributed by atoms with Crippen LogP contribution in [-0.2, 0) is 0 Å². The van der Waals surface area contributed by atoms with Crippen molar-refractivity contribution in [2.75, 3.05) is 10.7 Å². The molecule has 0 aliphatic carbocycles. The Bertz CT molecular complexity index is 581. The second kappa shape index (κ2) is 5.11. The molecule has 0 spiro atoms. The average Bonchev–Trinajstić information content (AvgIpc) is 2.74. The highest BCUT2D eigenvalue weighted by molar-refractivity contribution is 7.15. The van der Waals surface area contributed by atoms with Crippen molar-refractivity contribution in [3.05, 3.63) is 34.6 Å². The highest BCUT2D eigenvalue weighted by Crippen LogP contribution is 2.20. The zero-order chi connectivity index (χ0) is 13.1. The number of thiazole rings is 1. The van der Waals surface area contributed by atoms with Gasteiger partial charge in [0.15, 0.2) is 5.13 Å². The number of carbonyl (C=O) groups excluding carboxylic acids is 1. The van der Waals surface area contributed by atoms with Crippen LogP contribution in [0.3, 0.4) is 0 Å². The summed E-state index contributed by atoms with van der Waals surface area (Å²) in [7, 11) is 0. The van der Waals surface area contributed by atoms with E-state index in [1.807, 2.05) is 13.8 Å². The van der Waals surface area contributed by atoms with Crippen LogP contribution >= 0.6 is 11.3 Å². The van der Waals surface area contributed by atoms with Crippen LogP contribution in [0.25, 0.3) is 0 Å². The Kier molecular flexibility index (Phi) is 3.54. The highest BCUT2D eigenvalue weighted by atomic mass is 32.1. The molecular weight excluding hydrogens is 250 g/mol. The lowest BCUT2D eigenvalue weighted by Crippen LogP contribution is -2.17. The minimum Gasteiger partial charge on any atom is -0.323 e. The minimum absolute atomic E-state index is 0.287. The van der Waals surface area contributed by atoms with Gasteiger partial charge in [0.2, 0.25) is 0 Å². The van der Waals surface area contributed by atoms with Gasteiger partial charge in [-0.1, -0.05) is 0 Å². The van der Waals surface area contributed by atoms with E-state index in [0.717, 1.165) is 10.6 Å². The summed E-state index contributed by atoms with van der Waals surface area (Å²) in [6.07, 6.45) is 3.19. The van der Waals surface area contributed by atoms with E-state index < -0.39 is 0 Å². The third-order valence-corrected chi connectivity index (χ3v) is 3.11. The van der Waals surface area contributed by atoms with E-state index in [9.17, 15) is 4.79 Å². The fourth-order valence-corrected chi connectivity index (χ4v) is 2.10. The number of hydrogen-bond donors (Lipinski definition) is 3. The molecule has 4 N–H and O–H groups in total.